The number of hydrogen-bond acceptors (Lipinski definition) is 6. The van der Waals surface area contributed by atoms with Crippen molar-refractivity contribution in [3.05, 3.63) is 71.4 Å². The lowest BCUT2D eigenvalue weighted by Crippen LogP contribution is -2.15. The molecule has 2 aromatic carbocycles. The zero-order valence-corrected chi connectivity index (χ0v) is 18.6. The van der Waals surface area contributed by atoms with Gasteiger partial charge in [0.05, 0.1) is 11.1 Å². The van der Waals surface area contributed by atoms with Gasteiger partial charge in [0, 0.05) is 16.1 Å². The first-order valence-corrected chi connectivity index (χ1v) is 11.6. The van der Waals surface area contributed by atoms with Crippen LogP contribution in [0.15, 0.2) is 66.1 Å². The number of anilines is 1. The summed E-state index contributed by atoms with van der Waals surface area (Å²) in [6, 6.07) is 17.8. The third-order valence-electron chi connectivity index (χ3n) is 5.16. The number of benzene rings is 2. The zero-order chi connectivity index (χ0) is 21.4. The molecule has 1 amide bonds. The van der Waals surface area contributed by atoms with Crippen molar-refractivity contribution in [3.8, 4) is 11.1 Å². The van der Waals surface area contributed by atoms with E-state index in [9.17, 15) is 4.79 Å². The lowest BCUT2D eigenvalue weighted by Gasteiger charge is -2.11. The van der Waals surface area contributed by atoms with Gasteiger partial charge in [-0.2, -0.15) is 0 Å². The maximum absolute atomic E-state index is 12.7. The Hall–Kier alpha value is -3.23. The Morgan fingerprint density at radius 3 is 2.68 bits per heavy atom. The van der Waals surface area contributed by atoms with Crippen molar-refractivity contribution in [1.29, 1.82) is 0 Å². The molecule has 154 valence electrons. The molecule has 0 aliphatic rings. The lowest BCUT2D eigenvalue weighted by molar-refractivity contribution is -0.113. The molecule has 6 nitrogen and oxygen atoms in total. The highest BCUT2D eigenvalue weighted by Crippen LogP contribution is 2.32. The molecule has 0 aliphatic heterocycles. The van der Waals surface area contributed by atoms with Gasteiger partial charge >= 0.3 is 0 Å². The normalized spacial score (nSPS) is 11.3. The average molecular weight is 446 g/mol. The van der Waals surface area contributed by atoms with Crippen LogP contribution in [0.25, 0.3) is 27.0 Å². The predicted molar refractivity (Wildman–Crippen MR) is 127 cm³/mol. The Morgan fingerprint density at radius 1 is 1.06 bits per heavy atom. The van der Waals surface area contributed by atoms with Crippen LogP contribution in [0.4, 0.5) is 5.69 Å². The summed E-state index contributed by atoms with van der Waals surface area (Å²) < 4.78 is 1.86. The summed E-state index contributed by atoms with van der Waals surface area (Å²) in [5, 5.41) is 13.4. The minimum Gasteiger partial charge on any atom is -0.325 e. The first kappa shape index (κ1) is 19.7. The quantitative estimate of drug-likeness (QED) is 0.369. The molecule has 0 atom stereocenters. The first-order valence-electron chi connectivity index (χ1n) is 9.78. The number of para-hydroxylation sites is 1. The number of aryl methyl sites for hydroxylation is 2. The van der Waals surface area contributed by atoms with E-state index >= 15 is 0 Å². The number of thiophene rings is 1. The Bertz CT molecular complexity index is 1410. The molecule has 5 rings (SSSR count). The van der Waals surface area contributed by atoms with Gasteiger partial charge in [-0.25, -0.2) is 4.98 Å². The van der Waals surface area contributed by atoms with Gasteiger partial charge in [-0.1, -0.05) is 60.3 Å². The van der Waals surface area contributed by atoms with Crippen molar-refractivity contribution in [1.82, 2.24) is 19.6 Å². The van der Waals surface area contributed by atoms with E-state index in [1.54, 1.807) is 17.7 Å². The van der Waals surface area contributed by atoms with Crippen LogP contribution in [0.2, 0.25) is 0 Å². The number of nitrogens with one attached hydrogen (secondary N) is 1. The highest BCUT2D eigenvalue weighted by molar-refractivity contribution is 7.99. The van der Waals surface area contributed by atoms with Crippen LogP contribution in [0.1, 0.15) is 10.4 Å². The second kappa shape index (κ2) is 8.13. The van der Waals surface area contributed by atoms with E-state index in [-0.39, 0.29) is 11.7 Å². The average Bonchev–Trinajstić information content (AvgIpc) is 3.33. The van der Waals surface area contributed by atoms with E-state index < -0.39 is 0 Å². The summed E-state index contributed by atoms with van der Waals surface area (Å²) in [5.41, 5.74) is 4.80. The van der Waals surface area contributed by atoms with Crippen LogP contribution >= 0.6 is 23.1 Å². The number of rotatable bonds is 5. The summed E-state index contributed by atoms with van der Waals surface area (Å²) in [6.45, 7) is 4.16. The lowest BCUT2D eigenvalue weighted by atomic mass is 10.0. The molecule has 0 unspecified atom stereocenters. The van der Waals surface area contributed by atoms with E-state index in [0.29, 0.717) is 5.16 Å². The van der Waals surface area contributed by atoms with Gasteiger partial charge in [0.1, 0.15) is 11.2 Å². The largest absolute Gasteiger partial charge is 0.325 e. The summed E-state index contributed by atoms with van der Waals surface area (Å²) in [5.74, 6) is 0.130. The van der Waals surface area contributed by atoms with Gasteiger partial charge in [0.15, 0.2) is 10.8 Å². The van der Waals surface area contributed by atoms with Crippen LogP contribution < -0.4 is 5.32 Å². The summed E-state index contributed by atoms with van der Waals surface area (Å²) in [6.07, 6.45) is 1.73. The fraction of sp³-hybridized carbons (Fsp3) is 0.130. The van der Waals surface area contributed by atoms with Gasteiger partial charge in [-0.15, -0.1) is 21.5 Å². The van der Waals surface area contributed by atoms with Crippen LogP contribution in [0.5, 0.6) is 0 Å². The Labute approximate surface area is 187 Å². The fourth-order valence-electron chi connectivity index (χ4n) is 3.50. The maximum Gasteiger partial charge on any atom is 0.234 e. The summed E-state index contributed by atoms with van der Waals surface area (Å²) >= 11 is 3.01. The molecule has 0 aliphatic carbocycles. The van der Waals surface area contributed by atoms with Crippen molar-refractivity contribution < 1.29 is 4.79 Å². The molecule has 0 saturated carbocycles. The minimum atomic E-state index is -0.0956. The topological polar surface area (TPSA) is 72.2 Å². The van der Waals surface area contributed by atoms with Crippen LogP contribution in [-0.4, -0.2) is 31.2 Å². The zero-order valence-electron chi connectivity index (χ0n) is 17.0. The van der Waals surface area contributed by atoms with E-state index in [4.69, 9.17) is 0 Å². The van der Waals surface area contributed by atoms with Crippen molar-refractivity contribution in [2.24, 2.45) is 0 Å². The second-order valence-corrected chi connectivity index (χ2v) is 9.28. The van der Waals surface area contributed by atoms with Gasteiger partial charge in [0.2, 0.25) is 5.91 Å². The SMILES string of the molecule is Cc1sc2ncn3c(SCC(=O)Nc4ccccc4-c4ccccc4)nnc3c2c1C. The van der Waals surface area contributed by atoms with E-state index in [1.165, 1.54) is 22.2 Å². The molecule has 3 aromatic heterocycles. The molecule has 0 fully saturated rings. The number of aromatic nitrogens is 4. The molecule has 8 heteroatoms. The molecule has 1 N–H and O–H groups in total. The number of fused-ring (bicyclic) bond motifs is 3. The fourth-order valence-corrected chi connectivity index (χ4v) is 5.20. The Morgan fingerprint density at radius 2 is 1.84 bits per heavy atom. The molecule has 3 heterocycles. The van der Waals surface area contributed by atoms with Crippen LogP contribution in [0, 0.1) is 13.8 Å². The molecule has 0 saturated heterocycles. The van der Waals surface area contributed by atoms with Gasteiger partial charge in [-0.3, -0.25) is 9.20 Å². The number of carbonyl (C=O) groups excluding carboxylic acids is 1. The molecule has 0 spiro atoms. The number of nitrogens with zero attached hydrogens (tertiary/aromatic N) is 4. The van der Waals surface area contributed by atoms with Crippen molar-refractivity contribution in [2.45, 2.75) is 19.0 Å². The highest BCUT2D eigenvalue weighted by atomic mass is 32.2. The van der Waals surface area contributed by atoms with E-state index in [1.807, 2.05) is 59.0 Å². The number of thioether (sulfide) groups is 1. The third kappa shape index (κ3) is 3.68. The number of amides is 1. The predicted octanol–water partition coefficient (Wildman–Crippen LogP) is 5.35. The molecule has 0 radical (unpaired) electrons. The van der Waals surface area contributed by atoms with Crippen molar-refractivity contribution in [2.75, 3.05) is 11.1 Å². The van der Waals surface area contributed by atoms with E-state index in [2.05, 4.69) is 34.3 Å². The maximum atomic E-state index is 12.7. The van der Waals surface area contributed by atoms with Crippen LogP contribution in [0.3, 0.4) is 0 Å². The molecular formula is C23H19N5OS2. The third-order valence-corrected chi connectivity index (χ3v) is 7.22. The first-order chi connectivity index (χ1) is 15.1. The summed E-state index contributed by atoms with van der Waals surface area (Å²) in [4.78, 5) is 19.4. The summed E-state index contributed by atoms with van der Waals surface area (Å²) in [7, 11) is 0. The van der Waals surface area contributed by atoms with Gasteiger partial charge in [0.25, 0.3) is 0 Å². The van der Waals surface area contributed by atoms with Gasteiger partial charge in [-0.05, 0) is 31.0 Å². The number of hydrogen-bond donors (Lipinski definition) is 1. The molecular weight excluding hydrogens is 426 g/mol. The van der Waals surface area contributed by atoms with Gasteiger partial charge < -0.3 is 5.32 Å². The molecule has 5 aromatic rings. The molecule has 31 heavy (non-hydrogen) atoms. The van der Waals surface area contributed by atoms with Crippen LogP contribution in [-0.2, 0) is 4.79 Å². The smallest absolute Gasteiger partial charge is 0.234 e. The van der Waals surface area contributed by atoms with Crippen molar-refractivity contribution in [3.63, 3.8) is 0 Å². The number of carbonyl (C=O) groups is 1. The Kier molecular flexibility index (Phi) is 5.17. The minimum absolute atomic E-state index is 0.0956. The monoisotopic (exact) mass is 445 g/mol. The highest BCUT2D eigenvalue weighted by Gasteiger charge is 2.16. The Balaban J connectivity index is 1.35. The molecule has 0 bridgehead atoms. The van der Waals surface area contributed by atoms with Crippen molar-refractivity contribution >= 4 is 50.6 Å². The standard InChI is InChI=1S/C23H19N5OS2/c1-14-15(2)31-22-20(14)21-26-27-23(28(21)13-24-22)30-12-19(29)25-18-11-7-6-10-17(18)16-8-4-3-5-9-16/h3-11,13H,12H2,1-2H3,(H,25,29). The second-order valence-electron chi connectivity index (χ2n) is 7.13. The van der Waals surface area contributed by atoms with E-state index in [0.717, 1.165) is 32.7 Å².